The van der Waals surface area contributed by atoms with E-state index in [1.807, 2.05) is 42.5 Å². The van der Waals surface area contributed by atoms with E-state index in [-0.39, 0.29) is 0 Å². The maximum absolute atomic E-state index is 11.8. The van der Waals surface area contributed by atoms with Crippen LogP contribution in [0.2, 0.25) is 0 Å². The molecule has 2 rings (SSSR count). The summed E-state index contributed by atoms with van der Waals surface area (Å²) in [7, 11) is 0. The molecule has 4 heteroatoms. The molecule has 0 fully saturated rings. The van der Waals surface area contributed by atoms with Crippen LogP contribution in [0.4, 0.5) is 0 Å². The average Bonchev–Trinajstić information content (AvgIpc) is 2.73. The Morgan fingerprint density at radius 1 is 0.750 bits per heavy atom. The minimum atomic E-state index is -0.607. The summed E-state index contributed by atoms with van der Waals surface area (Å²) < 4.78 is 10.3. The Bertz CT molecular complexity index is 748. The van der Waals surface area contributed by atoms with Gasteiger partial charge in [0.25, 0.3) is 0 Å². The lowest BCUT2D eigenvalue weighted by Crippen LogP contribution is -2.07. The van der Waals surface area contributed by atoms with Gasteiger partial charge < -0.3 is 9.47 Å². The van der Waals surface area contributed by atoms with Crippen LogP contribution in [-0.2, 0) is 14.3 Å². The van der Waals surface area contributed by atoms with Crippen LogP contribution in [0.5, 0.6) is 5.75 Å². The Labute approximate surface area is 167 Å². The second kappa shape index (κ2) is 12.5. The van der Waals surface area contributed by atoms with Crippen LogP contribution in [0, 0.1) is 0 Å². The summed E-state index contributed by atoms with van der Waals surface area (Å²) in [5, 5.41) is 0. The Morgan fingerprint density at radius 2 is 1.36 bits per heavy atom. The zero-order chi connectivity index (χ0) is 20.0. The number of rotatable bonds is 11. The number of unbranched alkanes of at least 4 members (excludes halogenated alkanes) is 5. The quantitative estimate of drug-likeness (QED) is 0.217. The van der Waals surface area contributed by atoms with Gasteiger partial charge in [0, 0.05) is 12.2 Å². The molecule has 0 bridgehead atoms. The van der Waals surface area contributed by atoms with Crippen molar-refractivity contribution in [2.75, 3.05) is 6.61 Å². The lowest BCUT2D eigenvalue weighted by atomic mass is 10.1. The van der Waals surface area contributed by atoms with E-state index < -0.39 is 11.9 Å². The van der Waals surface area contributed by atoms with Crippen molar-refractivity contribution in [3.63, 3.8) is 0 Å². The first-order chi connectivity index (χ1) is 13.7. The van der Waals surface area contributed by atoms with Crippen LogP contribution in [0.15, 0.2) is 66.7 Å². The van der Waals surface area contributed by atoms with Crippen LogP contribution in [0.25, 0.3) is 11.1 Å². The summed E-state index contributed by atoms with van der Waals surface area (Å²) in [4.78, 5) is 23.5. The van der Waals surface area contributed by atoms with Crippen molar-refractivity contribution in [2.45, 2.75) is 45.4 Å². The normalized spacial score (nSPS) is 10.8. The average molecular weight is 380 g/mol. The highest BCUT2D eigenvalue weighted by Crippen LogP contribution is 2.22. The van der Waals surface area contributed by atoms with Gasteiger partial charge in [-0.3, -0.25) is 0 Å². The second-order valence-corrected chi connectivity index (χ2v) is 6.58. The minimum absolute atomic E-state index is 0.380. The number of hydrogen-bond donors (Lipinski definition) is 0. The van der Waals surface area contributed by atoms with Gasteiger partial charge in [0.2, 0.25) is 0 Å². The molecule has 2 aromatic rings. The fourth-order valence-corrected chi connectivity index (χ4v) is 2.74. The molecule has 0 N–H and O–H groups in total. The molecule has 0 radical (unpaired) electrons. The topological polar surface area (TPSA) is 52.6 Å². The maximum atomic E-state index is 11.8. The molecule has 4 nitrogen and oxygen atoms in total. The first-order valence-corrected chi connectivity index (χ1v) is 9.91. The molecule has 28 heavy (non-hydrogen) atoms. The summed E-state index contributed by atoms with van der Waals surface area (Å²) in [6, 6.07) is 17.2. The van der Waals surface area contributed by atoms with Crippen molar-refractivity contribution in [1.29, 1.82) is 0 Å². The predicted octanol–water partition coefficient (Wildman–Crippen LogP) is 5.72. The highest BCUT2D eigenvalue weighted by atomic mass is 16.5. The van der Waals surface area contributed by atoms with Gasteiger partial charge in [0.05, 0.1) is 6.61 Å². The van der Waals surface area contributed by atoms with E-state index in [0.29, 0.717) is 12.4 Å². The van der Waals surface area contributed by atoms with Crippen LogP contribution in [-0.4, -0.2) is 18.5 Å². The zero-order valence-electron chi connectivity index (χ0n) is 16.4. The van der Waals surface area contributed by atoms with E-state index in [4.69, 9.17) is 9.47 Å². The van der Waals surface area contributed by atoms with Crippen LogP contribution in [0.3, 0.4) is 0 Å². The predicted molar refractivity (Wildman–Crippen MR) is 111 cm³/mol. The molecule has 148 valence electrons. The summed E-state index contributed by atoms with van der Waals surface area (Å²) in [6.07, 6.45) is 8.96. The van der Waals surface area contributed by atoms with E-state index in [9.17, 15) is 9.59 Å². The Balaban J connectivity index is 1.69. The van der Waals surface area contributed by atoms with Crippen molar-refractivity contribution in [3.8, 4) is 16.9 Å². The van der Waals surface area contributed by atoms with Gasteiger partial charge in [-0.1, -0.05) is 81.5 Å². The SMILES string of the molecule is CCCCCCCCOC(=O)/C=C/C(=O)Oc1ccc(-c2ccccc2)cc1. The highest BCUT2D eigenvalue weighted by molar-refractivity contribution is 5.92. The summed E-state index contributed by atoms with van der Waals surface area (Å²) in [5.74, 6) is -0.705. The molecule has 0 heterocycles. The lowest BCUT2D eigenvalue weighted by molar-refractivity contribution is -0.138. The van der Waals surface area contributed by atoms with Gasteiger partial charge >= 0.3 is 11.9 Å². The van der Waals surface area contributed by atoms with Gasteiger partial charge in [-0.2, -0.15) is 0 Å². The second-order valence-electron chi connectivity index (χ2n) is 6.58. The first kappa shape index (κ1) is 21.4. The number of esters is 2. The molecule has 0 aliphatic rings. The van der Waals surface area contributed by atoms with Crippen LogP contribution < -0.4 is 4.74 Å². The van der Waals surface area contributed by atoms with E-state index in [1.54, 1.807) is 12.1 Å². The third-order valence-corrected chi connectivity index (χ3v) is 4.28. The molecule has 0 aliphatic heterocycles. The van der Waals surface area contributed by atoms with Crippen molar-refractivity contribution >= 4 is 11.9 Å². The molecule has 0 unspecified atom stereocenters. The third kappa shape index (κ3) is 8.21. The largest absolute Gasteiger partial charge is 0.463 e. The maximum Gasteiger partial charge on any atom is 0.336 e. The summed E-state index contributed by atoms with van der Waals surface area (Å²) >= 11 is 0. The molecule has 0 atom stereocenters. The molecule has 0 aromatic heterocycles. The fourth-order valence-electron chi connectivity index (χ4n) is 2.74. The molecule has 0 amide bonds. The number of carbonyl (C=O) groups excluding carboxylic acids is 2. The van der Waals surface area contributed by atoms with Crippen molar-refractivity contribution in [1.82, 2.24) is 0 Å². The van der Waals surface area contributed by atoms with Crippen LogP contribution in [0.1, 0.15) is 45.4 Å². The number of hydrogen-bond acceptors (Lipinski definition) is 4. The monoisotopic (exact) mass is 380 g/mol. The van der Waals surface area contributed by atoms with Crippen molar-refractivity contribution in [2.24, 2.45) is 0 Å². The number of carbonyl (C=O) groups is 2. The summed E-state index contributed by atoms with van der Waals surface area (Å²) in [5.41, 5.74) is 2.13. The number of ether oxygens (including phenoxy) is 2. The molecule has 2 aromatic carbocycles. The Kier molecular flexibility index (Phi) is 9.56. The molecular weight excluding hydrogens is 352 g/mol. The molecule has 0 aliphatic carbocycles. The van der Waals surface area contributed by atoms with E-state index in [2.05, 4.69) is 6.92 Å². The minimum Gasteiger partial charge on any atom is -0.463 e. The third-order valence-electron chi connectivity index (χ3n) is 4.28. The van der Waals surface area contributed by atoms with Crippen molar-refractivity contribution in [3.05, 3.63) is 66.7 Å². The number of benzene rings is 2. The van der Waals surface area contributed by atoms with Crippen LogP contribution >= 0.6 is 0 Å². The van der Waals surface area contributed by atoms with Gasteiger partial charge in [0.15, 0.2) is 0 Å². The standard InChI is InChI=1S/C24H28O4/c1-2-3-4-5-6-10-19-27-23(25)17-18-24(26)28-22-15-13-21(14-16-22)20-11-8-7-9-12-20/h7-9,11-18H,2-6,10,19H2,1H3/b18-17+. The van der Waals surface area contributed by atoms with E-state index in [0.717, 1.165) is 42.5 Å². The smallest absolute Gasteiger partial charge is 0.336 e. The van der Waals surface area contributed by atoms with Gasteiger partial charge in [-0.05, 0) is 29.7 Å². The zero-order valence-corrected chi connectivity index (χ0v) is 16.4. The molecular formula is C24H28O4. The fraction of sp³-hybridized carbons (Fsp3) is 0.333. The Hall–Kier alpha value is -2.88. The molecule has 0 saturated carbocycles. The Morgan fingerprint density at radius 3 is 2.07 bits per heavy atom. The first-order valence-electron chi connectivity index (χ1n) is 9.91. The lowest BCUT2D eigenvalue weighted by Gasteiger charge is -2.04. The molecule has 0 spiro atoms. The van der Waals surface area contributed by atoms with E-state index >= 15 is 0 Å². The van der Waals surface area contributed by atoms with E-state index in [1.165, 1.54) is 19.3 Å². The van der Waals surface area contributed by atoms with Gasteiger partial charge in [-0.25, -0.2) is 9.59 Å². The van der Waals surface area contributed by atoms with Crippen molar-refractivity contribution < 1.29 is 19.1 Å². The molecule has 0 saturated heterocycles. The summed E-state index contributed by atoms with van der Waals surface area (Å²) in [6.45, 7) is 2.56. The van der Waals surface area contributed by atoms with Gasteiger partial charge in [-0.15, -0.1) is 0 Å². The highest BCUT2D eigenvalue weighted by Gasteiger charge is 2.04. The van der Waals surface area contributed by atoms with Gasteiger partial charge in [0.1, 0.15) is 5.75 Å².